The summed E-state index contributed by atoms with van der Waals surface area (Å²) in [6.07, 6.45) is -4.93. The molecular formula is C80H101N2O17P. The molecule has 9 rings (SSSR count). The van der Waals surface area contributed by atoms with Crippen LogP contribution in [0.5, 0.6) is 11.5 Å². The van der Waals surface area contributed by atoms with Crippen molar-refractivity contribution in [3.63, 3.8) is 0 Å². The molecule has 19 nitrogen and oxygen atoms in total. The zero-order valence-electron chi connectivity index (χ0n) is 59.8. The fraction of sp³-hybridized carbons (Fsp3) is 0.500. The lowest BCUT2D eigenvalue weighted by molar-refractivity contribution is -0.317. The molecule has 0 amide bonds. The molecule has 0 aliphatic carbocycles. The number of esters is 3. The van der Waals surface area contributed by atoms with E-state index in [0.717, 1.165) is 36.0 Å². The molecule has 0 saturated carbocycles. The highest BCUT2D eigenvalue weighted by atomic mass is 31.2. The monoisotopic (exact) mass is 1390 g/mol. The highest BCUT2D eigenvalue weighted by Crippen LogP contribution is 2.47. The first-order chi connectivity index (χ1) is 48.4. The number of hydrogen-bond donors (Lipinski definition) is 0. The van der Waals surface area contributed by atoms with Crippen molar-refractivity contribution in [3.8, 4) is 17.6 Å². The van der Waals surface area contributed by atoms with E-state index in [9.17, 15) is 19.6 Å². The maximum atomic E-state index is 14.2. The van der Waals surface area contributed by atoms with E-state index in [1.54, 1.807) is 87.0 Å². The van der Waals surface area contributed by atoms with Gasteiger partial charge in [0.1, 0.15) is 53.7 Å². The zero-order valence-corrected chi connectivity index (χ0v) is 60.7. The summed E-state index contributed by atoms with van der Waals surface area (Å²) in [6.45, 7) is 21.5. The minimum Gasteiger partial charge on any atom is -0.497 e. The first-order valence-electron chi connectivity index (χ1n) is 35.2. The van der Waals surface area contributed by atoms with E-state index in [2.05, 4.69) is 38.4 Å². The van der Waals surface area contributed by atoms with E-state index in [4.69, 9.17) is 65.9 Å². The van der Waals surface area contributed by atoms with Gasteiger partial charge in [0.2, 0.25) is 0 Å². The van der Waals surface area contributed by atoms with Crippen LogP contribution in [0, 0.1) is 46.8 Å². The molecule has 100 heavy (non-hydrogen) atoms. The van der Waals surface area contributed by atoms with Crippen molar-refractivity contribution in [1.82, 2.24) is 4.67 Å². The highest BCUT2D eigenvalue weighted by molar-refractivity contribution is 7.44. The molecule has 0 bridgehead atoms. The van der Waals surface area contributed by atoms with E-state index < -0.39 is 87.5 Å². The number of nitrogens with zero attached hydrogens (tertiary/aromatic N) is 2. The van der Waals surface area contributed by atoms with Crippen LogP contribution in [-0.2, 0) is 62.0 Å². The van der Waals surface area contributed by atoms with Crippen molar-refractivity contribution in [2.45, 2.75) is 168 Å². The Kier molecular flexibility index (Phi) is 29.0. The Morgan fingerprint density at radius 1 is 0.450 bits per heavy atom. The van der Waals surface area contributed by atoms with Crippen LogP contribution in [0.15, 0.2) is 170 Å². The van der Waals surface area contributed by atoms with Gasteiger partial charge in [-0.2, -0.15) is 5.26 Å². The quantitative estimate of drug-likeness (QED) is 0.0121. The lowest BCUT2D eigenvalue weighted by Gasteiger charge is -2.47. The van der Waals surface area contributed by atoms with Gasteiger partial charge in [-0.15, -0.1) is 0 Å². The van der Waals surface area contributed by atoms with Gasteiger partial charge in [0.05, 0.1) is 76.4 Å². The number of ether oxygens (including phenoxy) is 12. The van der Waals surface area contributed by atoms with Crippen molar-refractivity contribution in [2.24, 2.45) is 35.5 Å². The van der Waals surface area contributed by atoms with Gasteiger partial charge in [0, 0.05) is 54.2 Å². The van der Waals surface area contributed by atoms with Crippen LogP contribution in [0.3, 0.4) is 0 Å². The fourth-order valence-corrected chi connectivity index (χ4v) is 14.9. The molecule has 3 aliphatic heterocycles. The lowest BCUT2D eigenvalue weighted by atomic mass is 9.79. The summed E-state index contributed by atoms with van der Waals surface area (Å²) in [4.78, 5) is 42.3. The summed E-state index contributed by atoms with van der Waals surface area (Å²) >= 11 is 0. The topological polar surface area (TPSA) is 207 Å². The molecule has 16 unspecified atom stereocenters. The third-order valence-electron chi connectivity index (χ3n) is 19.5. The Labute approximate surface area is 592 Å². The first-order valence-corrected chi connectivity index (χ1v) is 36.3. The molecule has 20 heteroatoms. The van der Waals surface area contributed by atoms with Gasteiger partial charge in [-0.1, -0.05) is 151 Å². The van der Waals surface area contributed by atoms with E-state index in [0.29, 0.717) is 54.4 Å². The standard InChI is InChI=1S/C80H101N2O17P/c1-52(2)82(53(3)4)100(93-48-28-45-81)92-47-27-17-26-46-88-77-57(8)54(5)71(97-74(83)60-29-18-13-19-30-60)68(94-77)49-89-78-58(9)55(6)72(98-75(84)61-31-20-14-21-32-61)69(95-78)50-90-79-59(10)56(7)73(99-76(85)62-33-22-15-23-34-62)70(96-79)51-91-80(63-35-24-16-25-36-63,64-37-41-66(86-11)42-38-64)65-39-43-67(87-12)44-40-65/h13-16,18-25,29-44,52-59,68-73,77-79H,17,26-28,46-51H2,1-12H3. The van der Waals surface area contributed by atoms with Gasteiger partial charge < -0.3 is 65.9 Å². The Morgan fingerprint density at radius 2 is 0.800 bits per heavy atom. The molecule has 6 aromatic carbocycles. The second-order valence-electron chi connectivity index (χ2n) is 26.8. The number of carbonyl (C=O) groups is 3. The van der Waals surface area contributed by atoms with Gasteiger partial charge in [-0.05, 0) is 124 Å². The number of unbranched alkanes of at least 4 members (excludes halogenated alkanes) is 2. The smallest absolute Gasteiger partial charge is 0.338 e. The van der Waals surface area contributed by atoms with Gasteiger partial charge >= 0.3 is 17.9 Å². The maximum absolute atomic E-state index is 14.2. The van der Waals surface area contributed by atoms with Gasteiger partial charge in [-0.3, -0.25) is 0 Å². The first kappa shape index (κ1) is 77.0. The van der Waals surface area contributed by atoms with Crippen LogP contribution < -0.4 is 9.47 Å². The average Bonchev–Trinajstić information content (AvgIpc) is 0.754. The summed E-state index contributed by atoms with van der Waals surface area (Å²) in [6, 6.07) is 54.5. The number of benzene rings is 6. The largest absolute Gasteiger partial charge is 0.497 e. The third-order valence-corrected chi connectivity index (χ3v) is 21.6. The van der Waals surface area contributed by atoms with Crippen LogP contribution in [0.4, 0.5) is 0 Å². The Balaban J connectivity index is 0.957. The van der Waals surface area contributed by atoms with Crippen LogP contribution in [0.2, 0.25) is 0 Å². The van der Waals surface area contributed by atoms with Crippen molar-refractivity contribution in [2.75, 3.05) is 53.9 Å². The molecule has 3 saturated heterocycles. The predicted octanol–water partition coefficient (Wildman–Crippen LogP) is 15.2. The molecule has 0 aromatic heterocycles. The van der Waals surface area contributed by atoms with E-state index >= 15 is 0 Å². The second-order valence-corrected chi connectivity index (χ2v) is 28.2. The van der Waals surface area contributed by atoms with Crippen LogP contribution >= 0.6 is 8.53 Å². The molecule has 0 spiro atoms. The molecule has 538 valence electrons. The highest BCUT2D eigenvalue weighted by Gasteiger charge is 2.51. The van der Waals surface area contributed by atoms with Crippen LogP contribution in [-0.4, -0.2) is 144 Å². The second kappa shape index (κ2) is 37.7. The van der Waals surface area contributed by atoms with E-state index in [1.807, 2.05) is 139 Å². The molecule has 3 aliphatic rings. The number of rotatable bonds is 34. The fourth-order valence-electron chi connectivity index (χ4n) is 13.3. The van der Waals surface area contributed by atoms with E-state index in [1.165, 1.54) is 0 Å². The summed E-state index contributed by atoms with van der Waals surface area (Å²) in [5.41, 5.74) is 2.32. The zero-order chi connectivity index (χ0) is 71.3. The van der Waals surface area contributed by atoms with Gasteiger partial charge in [0.25, 0.3) is 8.53 Å². The van der Waals surface area contributed by atoms with Crippen molar-refractivity contribution >= 4 is 26.4 Å². The summed E-state index contributed by atoms with van der Waals surface area (Å²) in [5.74, 6) is -2.12. The van der Waals surface area contributed by atoms with Crippen molar-refractivity contribution < 1.29 is 80.3 Å². The minimum absolute atomic E-state index is 0.0590. The number of methoxy groups -OCH3 is 2. The van der Waals surface area contributed by atoms with Gasteiger partial charge in [0.15, 0.2) is 18.9 Å². The molecule has 3 fully saturated rings. The Bertz CT molecular complexity index is 3420. The number of hydrogen-bond acceptors (Lipinski definition) is 19. The van der Waals surface area contributed by atoms with Crippen LogP contribution in [0.25, 0.3) is 0 Å². The molecule has 0 N–H and O–H groups in total. The Morgan fingerprint density at radius 3 is 1.18 bits per heavy atom. The van der Waals surface area contributed by atoms with E-state index in [-0.39, 0.29) is 67.4 Å². The van der Waals surface area contributed by atoms with Crippen molar-refractivity contribution in [3.05, 3.63) is 203 Å². The van der Waals surface area contributed by atoms with Crippen molar-refractivity contribution in [1.29, 1.82) is 5.26 Å². The number of nitriles is 1. The predicted molar refractivity (Wildman–Crippen MR) is 379 cm³/mol. The third kappa shape index (κ3) is 19.5. The summed E-state index contributed by atoms with van der Waals surface area (Å²) < 4.78 is 94.2. The molecule has 0 radical (unpaired) electrons. The molecule has 16 atom stereocenters. The van der Waals surface area contributed by atoms with Gasteiger partial charge in [-0.25, -0.2) is 19.1 Å². The summed E-state index contributed by atoms with van der Waals surface area (Å²) in [5, 5.41) is 9.18. The summed E-state index contributed by atoms with van der Waals surface area (Å²) in [7, 11) is 1.90. The average molecular weight is 1390 g/mol. The SMILES string of the molecule is COc1ccc(C(OCC2OC(OCC3OC(OCC4OC(OCCCCCOP(OCCC#N)N(C(C)C)C(C)C)C(C)C(C)C4OC(=O)c4ccccc4)C(C)C(C)C3OC(=O)c3ccccc3)C(C)C(C)C2OC(=O)c2ccccc2)(c2ccccc2)c2ccc(OC)cc2)cc1. The minimum atomic E-state index is -1.34. The maximum Gasteiger partial charge on any atom is 0.338 e. The van der Waals surface area contributed by atoms with Crippen LogP contribution in [0.1, 0.15) is 143 Å². The molecule has 3 heterocycles. The molecule has 6 aromatic rings. The normalized spacial score (nSPS) is 25.8. The Hall–Kier alpha value is -7.15. The lowest BCUT2D eigenvalue weighted by Crippen LogP contribution is -2.57. The molecular weight excluding hydrogens is 1290 g/mol. The number of carbonyl (C=O) groups excluding carboxylic acids is 3.